The highest BCUT2D eigenvalue weighted by atomic mass is 16.5. The van der Waals surface area contributed by atoms with Crippen molar-refractivity contribution in [3.05, 3.63) is 42.0 Å². The highest BCUT2D eigenvalue weighted by Gasteiger charge is 2.13. The van der Waals surface area contributed by atoms with E-state index in [0.29, 0.717) is 22.8 Å². The van der Waals surface area contributed by atoms with Crippen LogP contribution < -0.4 is 19.5 Å². The van der Waals surface area contributed by atoms with Gasteiger partial charge in [-0.05, 0) is 24.3 Å². The lowest BCUT2D eigenvalue weighted by Crippen LogP contribution is -1.97. The summed E-state index contributed by atoms with van der Waals surface area (Å²) in [6.45, 7) is 0. The Bertz CT molecular complexity index is 635. The fourth-order valence-corrected chi connectivity index (χ4v) is 1.95. The van der Waals surface area contributed by atoms with Gasteiger partial charge in [0, 0.05) is 23.5 Å². The molecular weight excluding hydrogens is 268 g/mol. The summed E-state index contributed by atoms with van der Waals surface area (Å²) in [5, 5.41) is 12.0. The number of nitrogens with one attached hydrogen (secondary N) is 1. The Morgan fingerprint density at radius 1 is 0.857 bits per heavy atom. The van der Waals surface area contributed by atoms with Crippen LogP contribution in [0.25, 0.3) is 0 Å². The van der Waals surface area contributed by atoms with Crippen LogP contribution in [0.2, 0.25) is 0 Å². The van der Waals surface area contributed by atoms with Crippen LogP contribution in [0.1, 0.15) is 5.56 Å². The second-order valence-corrected chi connectivity index (χ2v) is 4.23. The van der Waals surface area contributed by atoms with Gasteiger partial charge in [0.25, 0.3) is 0 Å². The zero-order valence-electron chi connectivity index (χ0n) is 12.1. The molecule has 0 aliphatic rings. The Labute approximate surface area is 123 Å². The molecule has 2 aromatic rings. The summed E-state index contributed by atoms with van der Waals surface area (Å²) in [6.07, 6.45) is 0. The molecule has 0 atom stereocenters. The van der Waals surface area contributed by atoms with Crippen LogP contribution in [0.5, 0.6) is 17.2 Å². The molecule has 5 heteroatoms. The Hall–Kier alpha value is -2.87. The van der Waals surface area contributed by atoms with Crippen molar-refractivity contribution in [1.29, 1.82) is 5.26 Å². The van der Waals surface area contributed by atoms with Crippen LogP contribution in [0.3, 0.4) is 0 Å². The van der Waals surface area contributed by atoms with Crippen LogP contribution >= 0.6 is 0 Å². The van der Waals surface area contributed by atoms with Crippen molar-refractivity contribution in [2.75, 3.05) is 26.6 Å². The predicted octanol–water partition coefficient (Wildman–Crippen LogP) is 3.33. The Morgan fingerprint density at radius 3 is 1.86 bits per heavy atom. The van der Waals surface area contributed by atoms with Crippen molar-refractivity contribution >= 4 is 11.4 Å². The number of nitrogens with zero attached hydrogens (tertiary/aromatic N) is 1. The number of nitriles is 1. The summed E-state index contributed by atoms with van der Waals surface area (Å²) >= 11 is 0. The van der Waals surface area contributed by atoms with E-state index in [4.69, 9.17) is 19.5 Å². The van der Waals surface area contributed by atoms with Crippen molar-refractivity contribution in [2.24, 2.45) is 0 Å². The van der Waals surface area contributed by atoms with Gasteiger partial charge in [-0.1, -0.05) is 0 Å². The zero-order chi connectivity index (χ0) is 15.2. The van der Waals surface area contributed by atoms with Crippen LogP contribution in [-0.4, -0.2) is 21.3 Å². The lowest BCUT2D eigenvalue weighted by Gasteiger charge is -2.15. The van der Waals surface area contributed by atoms with E-state index in [1.165, 1.54) is 0 Å². The minimum absolute atomic E-state index is 0.547. The van der Waals surface area contributed by atoms with Crippen molar-refractivity contribution in [3.8, 4) is 23.3 Å². The number of methoxy groups -OCH3 is 3. The summed E-state index contributed by atoms with van der Waals surface area (Å²) in [5.41, 5.74) is 2.28. The van der Waals surface area contributed by atoms with Gasteiger partial charge in [-0.15, -0.1) is 0 Å². The summed E-state index contributed by atoms with van der Waals surface area (Å²) in [5.74, 6) is 1.70. The topological polar surface area (TPSA) is 63.5 Å². The fourth-order valence-electron chi connectivity index (χ4n) is 1.95. The van der Waals surface area contributed by atoms with Gasteiger partial charge in [0.15, 0.2) is 11.5 Å². The second kappa shape index (κ2) is 6.53. The molecule has 0 amide bonds. The largest absolute Gasteiger partial charge is 0.493 e. The van der Waals surface area contributed by atoms with Crippen molar-refractivity contribution in [3.63, 3.8) is 0 Å². The first kappa shape index (κ1) is 14.5. The number of hydrogen-bond donors (Lipinski definition) is 1. The Balaban J connectivity index is 2.33. The molecule has 0 fully saturated rings. The van der Waals surface area contributed by atoms with E-state index in [9.17, 15) is 0 Å². The first-order valence-electron chi connectivity index (χ1n) is 6.29. The van der Waals surface area contributed by atoms with E-state index in [2.05, 4.69) is 11.4 Å². The van der Waals surface area contributed by atoms with E-state index in [1.54, 1.807) is 33.5 Å². The van der Waals surface area contributed by atoms with Gasteiger partial charge in [-0.3, -0.25) is 0 Å². The van der Waals surface area contributed by atoms with Crippen molar-refractivity contribution < 1.29 is 14.2 Å². The van der Waals surface area contributed by atoms with Crippen LogP contribution in [0, 0.1) is 11.3 Å². The maximum Gasteiger partial charge on any atom is 0.203 e. The van der Waals surface area contributed by atoms with E-state index in [0.717, 1.165) is 11.4 Å². The summed E-state index contributed by atoms with van der Waals surface area (Å²) in [6, 6.07) is 12.9. The van der Waals surface area contributed by atoms with Gasteiger partial charge in [0.2, 0.25) is 5.75 Å². The van der Waals surface area contributed by atoms with E-state index < -0.39 is 0 Å². The van der Waals surface area contributed by atoms with Gasteiger partial charge in [-0.25, -0.2) is 0 Å². The molecule has 0 aromatic heterocycles. The molecule has 2 rings (SSSR count). The molecule has 0 spiro atoms. The lowest BCUT2D eigenvalue weighted by molar-refractivity contribution is 0.324. The molecule has 21 heavy (non-hydrogen) atoms. The molecule has 0 radical (unpaired) electrons. The SMILES string of the molecule is COc1cc(Nc2ccc(C#N)cc2)cc(OC)c1OC. The van der Waals surface area contributed by atoms with Crippen molar-refractivity contribution in [1.82, 2.24) is 0 Å². The average Bonchev–Trinajstić information content (AvgIpc) is 2.54. The molecular formula is C16H16N2O3. The predicted molar refractivity (Wildman–Crippen MR) is 80.5 cm³/mol. The molecule has 0 bridgehead atoms. The number of hydrogen-bond acceptors (Lipinski definition) is 5. The summed E-state index contributed by atoms with van der Waals surface area (Å²) in [7, 11) is 4.71. The quantitative estimate of drug-likeness (QED) is 0.912. The van der Waals surface area contributed by atoms with Gasteiger partial charge in [0.05, 0.1) is 33.0 Å². The molecule has 0 saturated carbocycles. The van der Waals surface area contributed by atoms with Gasteiger partial charge < -0.3 is 19.5 Å². The minimum atomic E-state index is 0.547. The Morgan fingerprint density at radius 2 is 1.43 bits per heavy atom. The molecule has 5 nitrogen and oxygen atoms in total. The first-order valence-corrected chi connectivity index (χ1v) is 6.29. The van der Waals surface area contributed by atoms with Gasteiger partial charge in [0.1, 0.15) is 0 Å². The number of benzene rings is 2. The number of anilines is 2. The third-order valence-corrected chi connectivity index (χ3v) is 2.97. The molecule has 0 saturated heterocycles. The standard InChI is InChI=1S/C16H16N2O3/c1-19-14-8-13(9-15(20-2)16(14)21-3)18-12-6-4-11(10-17)5-7-12/h4-9,18H,1-3H3. The molecule has 0 aliphatic carbocycles. The lowest BCUT2D eigenvalue weighted by atomic mass is 10.2. The average molecular weight is 284 g/mol. The van der Waals surface area contributed by atoms with Crippen LogP contribution in [0.4, 0.5) is 11.4 Å². The molecule has 1 N–H and O–H groups in total. The van der Waals surface area contributed by atoms with Gasteiger partial charge >= 0.3 is 0 Å². The molecule has 0 heterocycles. The smallest absolute Gasteiger partial charge is 0.203 e. The summed E-state index contributed by atoms with van der Waals surface area (Å²) < 4.78 is 15.9. The number of ether oxygens (including phenoxy) is 3. The first-order chi connectivity index (χ1) is 10.2. The third kappa shape index (κ3) is 3.18. The van der Waals surface area contributed by atoms with Crippen LogP contribution in [0.15, 0.2) is 36.4 Å². The summed E-state index contributed by atoms with van der Waals surface area (Å²) in [4.78, 5) is 0. The molecule has 2 aromatic carbocycles. The molecule has 0 aliphatic heterocycles. The molecule has 108 valence electrons. The van der Waals surface area contributed by atoms with Gasteiger partial charge in [-0.2, -0.15) is 5.26 Å². The van der Waals surface area contributed by atoms with Crippen molar-refractivity contribution in [2.45, 2.75) is 0 Å². The normalized spacial score (nSPS) is 9.62. The second-order valence-electron chi connectivity index (χ2n) is 4.23. The maximum atomic E-state index is 8.80. The van der Waals surface area contributed by atoms with Crippen LogP contribution in [-0.2, 0) is 0 Å². The third-order valence-electron chi connectivity index (χ3n) is 2.97. The monoisotopic (exact) mass is 284 g/mol. The number of rotatable bonds is 5. The highest BCUT2D eigenvalue weighted by molar-refractivity contribution is 5.68. The van der Waals surface area contributed by atoms with E-state index in [-0.39, 0.29) is 0 Å². The van der Waals surface area contributed by atoms with E-state index >= 15 is 0 Å². The zero-order valence-corrected chi connectivity index (χ0v) is 12.1. The highest BCUT2D eigenvalue weighted by Crippen LogP contribution is 2.40. The van der Waals surface area contributed by atoms with E-state index in [1.807, 2.05) is 24.3 Å². The Kier molecular flexibility index (Phi) is 4.52. The fraction of sp³-hybridized carbons (Fsp3) is 0.188. The molecule has 0 unspecified atom stereocenters. The maximum absolute atomic E-state index is 8.80. The minimum Gasteiger partial charge on any atom is -0.493 e.